The Balaban J connectivity index is 1.79. The first-order chi connectivity index (χ1) is 10.2. The number of hydrogen-bond donors (Lipinski definition) is 0. The highest BCUT2D eigenvalue weighted by molar-refractivity contribution is 5.82. The van der Waals surface area contributed by atoms with Gasteiger partial charge in [-0.1, -0.05) is 49.4 Å². The molecule has 106 valence electrons. The Bertz CT molecular complexity index is 734. The third kappa shape index (κ3) is 2.05. The molecule has 0 bridgehead atoms. The second-order valence-electron chi connectivity index (χ2n) is 6.71. The summed E-state index contributed by atoms with van der Waals surface area (Å²) in [5, 5.41) is 0. The first kappa shape index (κ1) is 12.9. The highest BCUT2D eigenvalue weighted by Gasteiger charge is 2.22. The van der Waals surface area contributed by atoms with Gasteiger partial charge in [0.2, 0.25) is 0 Å². The summed E-state index contributed by atoms with van der Waals surface area (Å²) in [4.78, 5) is 0. The van der Waals surface area contributed by atoms with Crippen LogP contribution in [-0.2, 0) is 6.42 Å². The van der Waals surface area contributed by atoms with Gasteiger partial charge in [0.25, 0.3) is 0 Å². The standard InChI is InChI=1S/C21H22/c1-14-7-9-16(10-8-14)18-11-12-20-19-6-4-3-5-17(19)13-21(20)15(18)2/h3-6,9,11-12,14H,7-8,10,13H2,1-2H3. The molecular formula is C21H22. The number of rotatable bonds is 1. The van der Waals surface area contributed by atoms with Crippen molar-refractivity contribution in [1.82, 2.24) is 0 Å². The minimum atomic E-state index is 0.854. The molecule has 0 saturated carbocycles. The second-order valence-corrected chi connectivity index (χ2v) is 6.71. The highest BCUT2D eigenvalue weighted by Crippen LogP contribution is 2.41. The Morgan fingerprint density at radius 2 is 1.76 bits per heavy atom. The summed E-state index contributed by atoms with van der Waals surface area (Å²) in [7, 11) is 0. The third-order valence-electron chi connectivity index (χ3n) is 5.29. The van der Waals surface area contributed by atoms with Crippen LogP contribution in [0.2, 0.25) is 0 Å². The van der Waals surface area contributed by atoms with E-state index in [1.54, 1.807) is 11.1 Å². The Hall–Kier alpha value is -1.82. The molecule has 0 saturated heterocycles. The van der Waals surface area contributed by atoms with Crippen molar-refractivity contribution in [2.75, 3.05) is 0 Å². The molecule has 21 heavy (non-hydrogen) atoms. The van der Waals surface area contributed by atoms with E-state index in [9.17, 15) is 0 Å². The van der Waals surface area contributed by atoms with Gasteiger partial charge in [0, 0.05) is 0 Å². The second kappa shape index (κ2) is 4.87. The van der Waals surface area contributed by atoms with Crippen molar-refractivity contribution in [2.45, 2.75) is 39.5 Å². The zero-order valence-corrected chi connectivity index (χ0v) is 12.9. The largest absolute Gasteiger partial charge is 0.0804 e. The van der Waals surface area contributed by atoms with Crippen LogP contribution in [0, 0.1) is 12.8 Å². The van der Waals surface area contributed by atoms with E-state index in [-0.39, 0.29) is 0 Å². The highest BCUT2D eigenvalue weighted by atomic mass is 14.3. The molecule has 1 atom stereocenters. The van der Waals surface area contributed by atoms with Crippen LogP contribution < -0.4 is 0 Å². The van der Waals surface area contributed by atoms with E-state index in [0.717, 1.165) is 12.3 Å². The molecule has 0 spiro atoms. The summed E-state index contributed by atoms with van der Waals surface area (Å²) in [6, 6.07) is 13.6. The van der Waals surface area contributed by atoms with Gasteiger partial charge in [0.05, 0.1) is 0 Å². The summed E-state index contributed by atoms with van der Waals surface area (Å²) in [6.07, 6.45) is 7.41. The Labute approximate surface area is 127 Å². The molecule has 2 aliphatic rings. The van der Waals surface area contributed by atoms with Gasteiger partial charge in [0.15, 0.2) is 0 Å². The van der Waals surface area contributed by atoms with Crippen LogP contribution in [0.5, 0.6) is 0 Å². The zero-order chi connectivity index (χ0) is 14.4. The van der Waals surface area contributed by atoms with E-state index < -0.39 is 0 Å². The normalized spacial score (nSPS) is 19.9. The molecule has 0 aliphatic heterocycles. The first-order valence-corrected chi connectivity index (χ1v) is 8.14. The molecule has 0 nitrogen and oxygen atoms in total. The van der Waals surface area contributed by atoms with Gasteiger partial charge in [-0.15, -0.1) is 0 Å². The number of fused-ring (bicyclic) bond motifs is 3. The van der Waals surface area contributed by atoms with E-state index in [0.29, 0.717) is 0 Å². The van der Waals surface area contributed by atoms with Gasteiger partial charge in [-0.25, -0.2) is 0 Å². The summed E-state index contributed by atoms with van der Waals surface area (Å²) in [5.41, 5.74) is 10.5. The minimum absolute atomic E-state index is 0.854. The molecule has 0 amide bonds. The lowest BCUT2D eigenvalue weighted by atomic mass is 9.84. The first-order valence-electron chi connectivity index (χ1n) is 8.14. The molecule has 2 aromatic carbocycles. The van der Waals surface area contributed by atoms with Gasteiger partial charge in [0.1, 0.15) is 0 Å². The van der Waals surface area contributed by atoms with Crippen LogP contribution in [-0.4, -0.2) is 0 Å². The molecule has 0 heterocycles. The molecular weight excluding hydrogens is 252 g/mol. The molecule has 1 unspecified atom stereocenters. The summed E-state index contributed by atoms with van der Waals surface area (Å²) < 4.78 is 0. The fraction of sp³-hybridized carbons (Fsp3) is 0.333. The Morgan fingerprint density at radius 1 is 0.952 bits per heavy atom. The lowest BCUT2D eigenvalue weighted by Crippen LogP contribution is -2.03. The molecule has 0 heteroatoms. The molecule has 0 aromatic heterocycles. The number of allylic oxidation sites excluding steroid dienone is 2. The molecule has 0 radical (unpaired) electrons. The molecule has 4 rings (SSSR count). The van der Waals surface area contributed by atoms with Crippen LogP contribution >= 0.6 is 0 Å². The fourth-order valence-corrected chi connectivity index (χ4v) is 3.92. The van der Waals surface area contributed by atoms with Crippen molar-refractivity contribution >= 4 is 5.57 Å². The maximum absolute atomic E-state index is 2.48. The summed E-state index contributed by atoms with van der Waals surface area (Å²) in [6.45, 7) is 4.68. The fourth-order valence-electron chi connectivity index (χ4n) is 3.92. The average Bonchev–Trinajstić information content (AvgIpc) is 2.89. The maximum atomic E-state index is 2.48. The van der Waals surface area contributed by atoms with Crippen LogP contribution in [0.4, 0.5) is 0 Å². The number of hydrogen-bond acceptors (Lipinski definition) is 0. The Morgan fingerprint density at radius 3 is 2.57 bits per heavy atom. The van der Waals surface area contributed by atoms with Crippen molar-refractivity contribution in [3.05, 3.63) is 64.7 Å². The topological polar surface area (TPSA) is 0 Å². The predicted molar refractivity (Wildman–Crippen MR) is 90.4 cm³/mol. The van der Waals surface area contributed by atoms with Gasteiger partial charge < -0.3 is 0 Å². The van der Waals surface area contributed by atoms with E-state index in [2.05, 4.69) is 56.3 Å². The average molecular weight is 274 g/mol. The quantitative estimate of drug-likeness (QED) is 0.528. The molecule has 2 aliphatic carbocycles. The van der Waals surface area contributed by atoms with Crippen LogP contribution in [0.15, 0.2) is 42.5 Å². The maximum Gasteiger partial charge on any atom is -0.00106 e. The lowest BCUT2D eigenvalue weighted by molar-refractivity contribution is 0.534. The Kier molecular flexibility index (Phi) is 2.99. The SMILES string of the molecule is Cc1c(C2=CCC(C)CC2)ccc2c1Cc1ccccc1-2. The predicted octanol–water partition coefficient (Wildman–Crippen LogP) is 5.77. The van der Waals surface area contributed by atoms with E-state index in [1.807, 2.05) is 0 Å². The zero-order valence-electron chi connectivity index (χ0n) is 12.9. The van der Waals surface area contributed by atoms with Crippen molar-refractivity contribution in [2.24, 2.45) is 5.92 Å². The van der Waals surface area contributed by atoms with E-state index in [1.165, 1.54) is 47.1 Å². The van der Waals surface area contributed by atoms with Crippen molar-refractivity contribution in [1.29, 1.82) is 0 Å². The monoisotopic (exact) mass is 274 g/mol. The van der Waals surface area contributed by atoms with E-state index >= 15 is 0 Å². The van der Waals surface area contributed by atoms with Crippen LogP contribution in [0.1, 0.15) is 48.4 Å². The minimum Gasteiger partial charge on any atom is -0.0804 e. The van der Waals surface area contributed by atoms with E-state index in [4.69, 9.17) is 0 Å². The van der Waals surface area contributed by atoms with Gasteiger partial charge in [-0.05, 0) is 77.5 Å². The van der Waals surface area contributed by atoms with Gasteiger partial charge >= 0.3 is 0 Å². The van der Waals surface area contributed by atoms with Crippen molar-refractivity contribution in [3.63, 3.8) is 0 Å². The lowest BCUT2D eigenvalue weighted by Gasteiger charge is -2.21. The van der Waals surface area contributed by atoms with Crippen molar-refractivity contribution < 1.29 is 0 Å². The molecule has 0 fully saturated rings. The molecule has 0 N–H and O–H groups in total. The number of benzene rings is 2. The van der Waals surface area contributed by atoms with Gasteiger partial charge in [-0.3, -0.25) is 0 Å². The summed E-state index contributed by atoms with van der Waals surface area (Å²) >= 11 is 0. The van der Waals surface area contributed by atoms with Crippen LogP contribution in [0.3, 0.4) is 0 Å². The third-order valence-corrected chi connectivity index (χ3v) is 5.29. The molecule has 2 aromatic rings. The van der Waals surface area contributed by atoms with Gasteiger partial charge in [-0.2, -0.15) is 0 Å². The smallest absolute Gasteiger partial charge is 0.00106 e. The summed E-state index contributed by atoms with van der Waals surface area (Å²) in [5.74, 6) is 0.854. The van der Waals surface area contributed by atoms with Crippen LogP contribution in [0.25, 0.3) is 16.7 Å². The van der Waals surface area contributed by atoms with Crippen molar-refractivity contribution in [3.8, 4) is 11.1 Å².